The summed E-state index contributed by atoms with van der Waals surface area (Å²) in [5.41, 5.74) is 0. The highest BCUT2D eigenvalue weighted by Crippen LogP contribution is 2.19. The molecule has 0 rings (SSSR count). The van der Waals surface area contributed by atoms with Crippen molar-refractivity contribution in [1.82, 2.24) is 10.2 Å². The Kier molecular flexibility index (Phi) is 10.6. The minimum atomic E-state index is 0.664. The lowest BCUT2D eigenvalue weighted by atomic mass is 9.97. The summed E-state index contributed by atoms with van der Waals surface area (Å²) < 4.78 is 0. The van der Waals surface area contributed by atoms with Gasteiger partial charge in [-0.25, -0.2) is 0 Å². The lowest BCUT2D eigenvalue weighted by Crippen LogP contribution is -2.48. The summed E-state index contributed by atoms with van der Waals surface area (Å²) >= 11 is 0. The highest BCUT2D eigenvalue weighted by Gasteiger charge is 2.25. The van der Waals surface area contributed by atoms with Gasteiger partial charge >= 0.3 is 0 Å². The molecule has 0 aromatic carbocycles. The first kappa shape index (κ1) is 18.9. The van der Waals surface area contributed by atoms with Crippen molar-refractivity contribution in [3.05, 3.63) is 0 Å². The monoisotopic (exact) mass is 270 g/mol. The van der Waals surface area contributed by atoms with Gasteiger partial charge in [0.1, 0.15) is 0 Å². The zero-order valence-electron chi connectivity index (χ0n) is 14.5. The second-order valence-corrected chi connectivity index (χ2v) is 6.48. The summed E-state index contributed by atoms with van der Waals surface area (Å²) in [6.45, 7) is 19.9. The van der Waals surface area contributed by atoms with E-state index < -0.39 is 0 Å². The van der Waals surface area contributed by atoms with Gasteiger partial charge in [-0.1, -0.05) is 41.5 Å². The molecule has 116 valence electrons. The van der Waals surface area contributed by atoms with Crippen LogP contribution in [0.5, 0.6) is 0 Å². The maximum atomic E-state index is 3.57. The summed E-state index contributed by atoms with van der Waals surface area (Å²) in [7, 11) is 0. The average molecular weight is 271 g/mol. The smallest absolute Gasteiger partial charge is 0.0108 e. The summed E-state index contributed by atoms with van der Waals surface area (Å²) in [6, 6.07) is 1.41. The molecule has 2 atom stereocenters. The minimum absolute atomic E-state index is 0.664. The molecule has 2 heteroatoms. The number of hydrogen-bond acceptors (Lipinski definition) is 2. The first-order valence-electron chi connectivity index (χ1n) is 8.44. The van der Waals surface area contributed by atoms with Crippen molar-refractivity contribution in [1.29, 1.82) is 0 Å². The number of hydrogen-bond donors (Lipinski definition) is 1. The lowest BCUT2D eigenvalue weighted by molar-refractivity contribution is 0.0867. The molecule has 0 aliphatic rings. The van der Waals surface area contributed by atoms with Gasteiger partial charge in [0.25, 0.3) is 0 Å². The van der Waals surface area contributed by atoms with Crippen LogP contribution in [0, 0.1) is 11.8 Å². The fourth-order valence-corrected chi connectivity index (χ4v) is 2.83. The number of rotatable bonds is 11. The molecule has 0 amide bonds. The van der Waals surface area contributed by atoms with Gasteiger partial charge < -0.3 is 5.32 Å². The molecule has 0 saturated carbocycles. The molecular formula is C17H38N2. The molecule has 0 heterocycles. The van der Waals surface area contributed by atoms with Crippen LogP contribution in [0.2, 0.25) is 0 Å². The summed E-state index contributed by atoms with van der Waals surface area (Å²) in [4.78, 5) is 2.75. The highest BCUT2D eigenvalue weighted by molar-refractivity contribution is 4.80. The molecular weight excluding hydrogens is 232 g/mol. The van der Waals surface area contributed by atoms with Crippen LogP contribution in [-0.4, -0.2) is 36.6 Å². The van der Waals surface area contributed by atoms with Crippen molar-refractivity contribution in [2.75, 3.05) is 19.6 Å². The van der Waals surface area contributed by atoms with E-state index >= 15 is 0 Å². The Morgan fingerprint density at radius 3 is 1.95 bits per heavy atom. The molecule has 0 bridgehead atoms. The zero-order chi connectivity index (χ0) is 14.8. The van der Waals surface area contributed by atoms with Gasteiger partial charge in [0, 0.05) is 18.6 Å². The second-order valence-electron chi connectivity index (χ2n) is 6.48. The third kappa shape index (κ3) is 7.31. The quantitative estimate of drug-likeness (QED) is 0.567. The minimum Gasteiger partial charge on any atom is -0.316 e. The van der Waals surface area contributed by atoms with E-state index in [1.165, 1.54) is 25.8 Å². The SMILES string of the molecule is CCCNCC(C)C(C)N(CC(C)C)C(CC)CC. The van der Waals surface area contributed by atoms with E-state index in [4.69, 9.17) is 0 Å². The predicted molar refractivity (Wildman–Crippen MR) is 87.7 cm³/mol. The Hall–Kier alpha value is -0.0800. The van der Waals surface area contributed by atoms with Crippen LogP contribution in [0.1, 0.15) is 67.7 Å². The molecule has 0 aromatic rings. The maximum Gasteiger partial charge on any atom is 0.0108 e. The van der Waals surface area contributed by atoms with Crippen molar-refractivity contribution in [3.8, 4) is 0 Å². The Balaban J connectivity index is 4.54. The standard InChI is InChI=1S/C17H38N2/c1-8-11-18-12-15(6)16(7)19(13-14(4)5)17(9-2)10-3/h14-18H,8-13H2,1-7H3. The van der Waals surface area contributed by atoms with E-state index in [1.54, 1.807) is 0 Å². The fraction of sp³-hybridized carbons (Fsp3) is 1.00. The summed E-state index contributed by atoms with van der Waals surface area (Å²) in [5.74, 6) is 1.46. The van der Waals surface area contributed by atoms with Crippen LogP contribution in [0.15, 0.2) is 0 Å². The Labute approximate surface area is 122 Å². The van der Waals surface area contributed by atoms with Crippen molar-refractivity contribution in [3.63, 3.8) is 0 Å². The molecule has 0 spiro atoms. The van der Waals surface area contributed by atoms with Crippen LogP contribution in [-0.2, 0) is 0 Å². The van der Waals surface area contributed by atoms with Crippen molar-refractivity contribution >= 4 is 0 Å². The lowest BCUT2D eigenvalue weighted by Gasteiger charge is -2.40. The van der Waals surface area contributed by atoms with Crippen LogP contribution in [0.3, 0.4) is 0 Å². The van der Waals surface area contributed by atoms with Crippen molar-refractivity contribution in [2.45, 2.75) is 79.8 Å². The average Bonchev–Trinajstić information content (AvgIpc) is 2.37. The molecule has 0 aliphatic carbocycles. The Bertz CT molecular complexity index is 199. The second kappa shape index (κ2) is 10.7. The first-order chi connectivity index (χ1) is 8.97. The van der Waals surface area contributed by atoms with E-state index in [0.717, 1.165) is 25.0 Å². The van der Waals surface area contributed by atoms with Gasteiger partial charge in [0.15, 0.2) is 0 Å². The zero-order valence-corrected chi connectivity index (χ0v) is 14.5. The van der Waals surface area contributed by atoms with E-state index in [2.05, 4.69) is 58.7 Å². The molecule has 2 nitrogen and oxygen atoms in total. The predicted octanol–water partition coefficient (Wildman–Crippen LogP) is 4.16. The van der Waals surface area contributed by atoms with Crippen molar-refractivity contribution < 1.29 is 0 Å². The van der Waals surface area contributed by atoms with Crippen LogP contribution < -0.4 is 5.32 Å². The van der Waals surface area contributed by atoms with E-state index in [9.17, 15) is 0 Å². The summed E-state index contributed by atoms with van der Waals surface area (Å²) in [5, 5.41) is 3.57. The fourth-order valence-electron chi connectivity index (χ4n) is 2.83. The van der Waals surface area contributed by atoms with Gasteiger partial charge in [-0.2, -0.15) is 0 Å². The van der Waals surface area contributed by atoms with E-state index in [0.29, 0.717) is 12.0 Å². The number of nitrogens with one attached hydrogen (secondary N) is 1. The molecule has 0 radical (unpaired) electrons. The number of nitrogens with zero attached hydrogens (tertiary/aromatic N) is 1. The molecule has 1 N–H and O–H groups in total. The van der Waals surface area contributed by atoms with Gasteiger partial charge in [-0.15, -0.1) is 0 Å². The first-order valence-corrected chi connectivity index (χ1v) is 8.44. The maximum absolute atomic E-state index is 3.57. The molecule has 0 fully saturated rings. The normalized spacial score (nSPS) is 15.5. The van der Waals surface area contributed by atoms with Gasteiger partial charge in [-0.05, 0) is 51.1 Å². The molecule has 2 unspecified atom stereocenters. The van der Waals surface area contributed by atoms with E-state index in [-0.39, 0.29) is 0 Å². The van der Waals surface area contributed by atoms with Gasteiger partial charge in [0.2, 0.25) is 0 Å². The third-order valence-electron chi connectivity index (χ3n) is 4.23. The molecule has 0 aromatic heterocycles. The molecule has 0 saturated heterocycles. The summed E-state index contributed by atoms with van der Waals surface area (Å²) in [6.07, 6.45) is 3.76. The van der Waals surface area contributed by atoms with Crippen LogP contribution >= 0.6 is 0 Å². The third-order valence-corrected chi connectivity index (χ3v) is 4.23. The van der Waals surface area contributed by atoms with Crippen LogP contribution in [0.4, 0.5) is 0 Å². The topological polar surface area (TPSA) is 15.3 Å². The van der Waals surface area contributed by atoms with Gasteiger partial charge in [-0.3, -0.25) is 4.90 Å². The highest BCUT2D eigenvalue weighted by atomic mass is 15.2. The largest absolute Gasteiger partial charge is 0.316 e. The van der Waals surface area contributed by atoms with Gasteiger partial charge in [0.05, 0.1) is 0 Å². The molecule has 19 heavy (non-hydrogen) atoms. The van der Waals surface area contributed by atoms with Crippen molar-refractivity contribution in [2.24, 2.45) is 11.8 Å². The van der Waals surface area contributed by atoms with Crippen LogP contribution in [0.25, 0.3) is 0 Å². The Morgan fingerprint density at radius 2 is 1.53 bits per heavy atom. The van der Waals surface area contributed by atoms with E-state index in [1.807, 2.05) is 0 Å². The molecule has 0 aliphatic heterocycles. The Morgan fingerprint density at radius 1 is 0.947 bits per heavy atom.